The maximum Gasteiger partial charge on any atom is 0.269 e. The standard InChI is InChI=1S/C19H14N4O3S/c24-18-14-9-20-22-17(14)21-19(23(18)13-4-2-1-3-5-13)27-10-12-6-7-15-16(8-12)26-11-25-15/h1-9H,10-11H2,(H,20,22). The number of nitrogens with zero attached hydrogens (tertiary/aromatic N) is 3. The molecule has 4 aromatic rings. The first-order valence-electron chi connectivity index (χ1n) is 8.32. The van der Waals surface area contributed by atoms with E-state index in [1.807, 2.05) is 48.5 Å². The molecule has 5 rings (SSSR count). The van der Waals surface area contributed by atoms with Crippen molar-refractivity contribution in [2.45, 2.75) is 10.9 Å². The summed E-state index contributed by atoms with van der Waals surface area (Å²) in [4.78, 5) is 17.6. The van der Waals surface area contributed by atoms with E-state index in [2.05, 4.69) is 15.2 Å². The second-order valence-corrected chi connectivity index (χ2v) is 6.92. The number of hydrogen-bond acceptors (Lipinski definition) is 6. The molecular formula is C19H14N4O3S. The number of aromatic amines is 1. The second-order valence-electron chi connectivity index (χ2n) is 5.98. The minimum atomic E-state index is -0.145. The van der Waals surface area contributed by atoms with E-state index in [4.69, 9.17) is 9.47 Å². The molecule has 0 saturated carbocycles. The van der Waals surface area contributed by atoms with Crippen LogP contribution in [0, 0.1) is 0 Å². The highest BCUT2D eigenvalue weighted by Crippen LogP contribution is 2.34. The van der Waals surface area contributed by atoms with Crippen LogP contribution < -0.4 is 15.0 Å². The fourth-order valence-corrected chi connectivity index (χ4v) is 3.90. The Balaban J connectivity index is 1.55. The molecule has 1 aliphatic rings. The summed E-state index contributed by atoms with van der Waals surface area (Å²) in [6, 6.07) is 15.3. The minimum absolute atomic E-state index is 0.145. The van der Waals surface area contributed by atoms with Gasteiger partial charge in [-0.15, -0.1) is 0 Å². The number of aromatic nitrogens is 4. The number of rotatable bonds is 4. The van der Waals surface area contributed by atoms with Crippen molar-refractivity contribution < 1.29 is 9.47 Å². The Kier molecular flexibility index (Phi) is 3.83. The van der Waals surface area contributed by atoms with Crippen molar-refractivity contribution >= 4 is 22.8 Å². The molecule has 134 valence electrons. The average molecular weight is 378 g/mol. The number of fused-ring (bicyclic) bond motifs is 2. The van der Waals surface area contributed by atoms with Gasteiger partial charge in [-0.25, -0.2) is 4.98 Å². The van der Waals surface area contributed by atoms with Crippen LogP contribution in [0.4, 0.5) is 0 Å². The van der Waals surface area contributed by atoms with Gasteiger partial charge in [0.1, 0.15) is 5.39 Å². The van der Waals surface area contributed by atoms with Crippen LogP contribution in [0.1, 0.15) is 5.56 Å². The summed E-state index contributed by atoms with van der Waals surface area (Å²) in [5.41, 5.74) is 2.17. The summed E-state index contributed by atoms with van der Waals surface area (Å²) in [6.45, 7) is 0.248. The molecule has 0 amide bonds. The van der Waals surface area contributed by atoms with Crippen molar-refractivity contribution in [2.24, 2.45) is 0 Å². The fourth-order valence-electron chi connectivity index (χ4n) is 2.95. The number of para-hydroxylation sites is 1. The molecule has 1 aliphatic heterocycles. The number of benzene rings is 2. The summed E-state index contributed by atoms with van der Waals surface area (Å²) < 4.78 is 12.4. The molecule has 1 N–H and O–H groups in total. The van der Waals surface area contributed by atoms with Crippen LogP contribution in [0.25, 0.3) is 16.7 Å². The number of hydrogen-bond donors (Lipinski definition) is 1. The molecular weight excluding hydrogens is 364 g/mol. The van der Waals surface area contributed by atoms with Gasteiger partial charge < -0.3 is 9.47 Å². The zero-order valence-corrected chi connectivity index (χ0v) is 14.9. The molecule has 2 aromatic heterocycles. The first kappa shape index (κ1) is 16.0. The molecule has 0 saturated heterocycles. The number of ether oxygens (including phenoxy) is 2. The highest BCUT2D eigenvalue weighted by Gasteiger charge is 2.16. The average Bonchev–Trinajstić information content (AvgIpc) is 3.36. The highest BCUT2D eigenvalue weighted by atomic mass is 32.2. The first-order chi connectivity index (χ1) is 13.3. The van der Waals surface area contributed by atoms with Crippen molar-refractivity contribution in [3.63, 3.8) is 0 Å². The Bertz CT molecular complexity index is 1190. The van der Waals surface area contributed by atoms with Crippen molar-refractivity contribution in [1.29, 1.82) is 0 Å². The molecule has 8 heteroatoms. The van der Waals surface area contributed by atoms with E-state index in [9.17, 15) is 4.79 Å². The molecule has 7 nitrogen and oxygen atoms in total. The van der Waals surface area contributed by atoms with E-state index in [-0.39, 0.29) is 12.4 Å². The molecule has 0 fully saturated rings. The minimum Gasteiger partial charge on any atom is -0.454 e. The second kappa shape index (κ2) is 6.48. The zero-order valence-electron chi connectivity index (χ0n) is 14.1. The maximum atomic E-state index is 13.0. The maximum absolute atomic E-state index is 13.0. The third kappa shape index (κ3) is 2.83. The van der Waals surface area contributed by atoms with Crippen LogP contribution in [-0.2, 0) is 5.75 Å². The van der Waals surface area contributed by atoms with Gasteiger partial charge in [0.05, 0.1) is 11.9 Å². The quantitative estimate of drug-likeness (QED) is 0.434. The number of nitrogens with one attached hydrogen (secondary N) is 1. The highest BCUT2D eigenvalue weighted by molar-refractivity contribution is 7.98. The predicted octanol–water partition coefficient (Wildman–Crippen LogP) is 3.13. The Morgan fingerprint density at radius 3 is 2.85 bits per heavy atom. The molecule has 3 heterocycles. The van der Waals surface area contributed by atoms with Crippen LogP contribution in [0.5, 0.6) is 11.5 Å². The molecule has 0 unspecified atom stereocenters. The van der Waals surface area contributed by atoms with Gasteiger partial charge in [0.15, 0.2) is 22.3 Å². The van der Waals surface area contributed by atoms with Crippen LogP contribution >= 0.6 is 11.8 Å². The van der Waals surface area contributed by atoms with Gasteiger partial charge in [0, 0.05) is 5.75 Å². The van der Waals surface area contributed by atoms with E-state index in [1.54, 1.807) is 4.57 Å². The van der Waals surface area contributed by atoms with Crippen LogP contribution in [0.2, 0.25) is 0 Å². The molecule has 0 aliphatic carbocycles. The van der Waals surface area contributed by atoms with Crippen molar-refractivity contribution in [3.05, 3.63) is 70.6 Å². The zero-order chi connectivity index (χ0) is 18.2. The van der Waals surface area contributed by atoms with Crippen LogP contribution in [-0.4, -0.2) is 26.5 Å². The van der Waals surface area contributed by atoms with Crippen molar-refractivity contribution in [1.82, 2.24) is 19.7 Å². The van der Waals surface area contributed by atoms with Gasteiger partial charge in [0.2, 0.25) is 6.79 Å². The van der Waals surface area contributed by atoms with Gasteiger partial charge in [-0.1, -0.05) is 36.0 Å². The van der Waals surface area contributed by atoms with E-state index in [0.29, 0.717) is 21.9 Å². The van der Waals surface area contributed by atoms with Crippen LogP contribution in [0.15, 0.2) is 64.7 Å². The first-order valence-corrected chi connectivity index (χ1v) is 9.31. The fraction of sp³-hybridized carbons (Fsp3) is 0.105. The van der Waals surface area contributed by atoms with E-state index >= 15 is 0 Å². The van der Waals surface area contributed by atoms with Crippen molar-refractivity contribution in [2.75, 3.05) is 6.79 Å². The summed E-state index contributed by atoms with van der Waals surface area (Å²) in [5.74, 6) is 2.13. The smallest absolute Gasteiger partial charge is 0.269 e. The Labute approximate surface area is 158 Å². The summed E-state index contributed by atoms with van der Waals surface area (Å²) >= 11 is 1.48. The Morgan fingerprint density at radius 2 is 1.96 bits per heavy atom. The van der Waals surface area contributed by atoms with Gasteiger partial charge in [0.25, 0.3) is 5.56 Å². The summed E-state index contributed by atoms with van der Waals surface area (Å²) in [7, 11) is 0. The van der Waals surface area contributed by atoms with Gasteiger partial charge in [-0.2, -0.15) is 5.10 Å². The third-order valence-electron chi connectivity index (χ3n) is 4.27. The molecule has 27 heavy (non-hydrogen) atoms. The Hall–Kier alpha value is -3.26. The lowest BCUT2D eigenvalue weighted by Gasteiger charge is -2.12. The normalized spacial score (nSPS) is 12.6. The molecule has 0 spiro atoms. The summed E-state index contributed by atoms with van der Waals surface area (Å²) in [6.07, 6.45) is 1.51. The lowest BCUT2D eigenvalue weighted by atomic mass is 10.2. The number of thioether (sulfide) groups is 1. The van der Waals surface area contributed by atoms with Gasteiger partial charge in [-0.3, -0.25) is 14.5 Å². The molecule has 0 radical (unpaired) electrons. The monoisotopic (exact) mass is 378 g/mol. The van der Waals surface area contributed by atoms with Gasteiger partial charge in [-0.05, 0) is 29.8 Å². The molecule has 0 atom stereocenters. The lowest BCUT2D eigenvalue weighted by molar-refractivity contribution is 0.174. The predicted molar refractivity (Wildman–Crippen MR) is 102 cm³/mol. The molecule has 0 bridgehead atoms. The number of H-pyrrole nitrogens is 1. The largest absolute Gasteiger partial charge is 0.454 e. The topological polar surface area (TPSA) is 82.0 Å². The summed E-state index contributed by atoms with van der Waals surface area (Å²) in [5, 5.41) is 7.80. The lowest BCUT2D eigenvalue weighted by Crippen LogP contribution is -2.21. The van der Waals surface area contributed by atoms with E-state index in [0.717, 1.165) is 22.7 Å². The molecule has 2 aromatic carbocycles. The van der Waals surface area contributed by atoms with Crippen molar-refractivity contribution in [3.8, 4) is 17.2 Å². The van der Waals surface area contributed by atoms with E-state index < -0.39 is 0 Å². The SMILES string of the molecule is O=c1c2cn[nH]c2nc(SCc2ccc3c(c2)OCO3)n1-c1ccccc1. The van der Waals surface area contributed by atoms with Gasteiger partial charge >= 0.3 is 0 Å². The van der Waals surface area contributed by atoms with E-state index in [1.165, 1.54) is 18.0 Å². The third-order valence-corrected chi connectivity index (χ3v) is 5.28. The Morgan fingerprint density at radius 1 is 1.11 bits per heavy atom. The van der Waals surface area contributed by atoms with Crippen LogP contribution in [0.3, 0.4) is 0 Å².